The second-order valence-corrected chi connectivity index (χ2v) is 1.82. The van der Waals surface area contributed by atoms with Gasteiger partial charge in [0.1, 0.15) is 10.7 Å². The standard InChI is InChI=1S/C6H4N2O2/c7-3-1-2-4(8)6(10)5(3)9/h1-2,7-8H. The average molecular weight is 136 g/mol. The second kappa shape index (κ2) is 1.98. The van der Waals surface area contributed by atoms with Crippen molar-refractivity contribution in [3.63, 3.8) is 0 Å². The van der Waals surface area contributed by atoms with Gasteiger partial charge in [-0.25, -0.2) is 0 Å². The van der Waals surface area contributed by atoms with Crippen molar-refractivity contribution in [3.8, 4) is 0 Å². The minimum absolute atomic E-state index is 0.346. The van der Waals surface area contributed by atoms with Gasteiger partial charge in [0, 0.05) is 0 Å². The highest BCUT2D eigenvalue weighted by Crippen LogP contribution is 1.48. The maximum Gasteiger partial charge on any atom is 0.252 e. The van der Waals surface area contributed by atoms with Gasteiger partial charge in [-0.2, -0.15) is 0 Å². The molecule has 0 spiro atoms. The molecular formula is C6H4N2O2. The van der Waals surface area contributed by atoms with Gasteiger partial charge in [-0.15, -0.1) is 0 Å². The smallest absolute Gasteiger partial charge is 0.252 e. The molecule has 0 aliphatic carbocycles. The summed E-state index contributed by atoms with van der Waals surface area (Å²) < 4.78 is 0. The molecule has 1 aromatic carbocycles. The third kappa shape index (κ3) is 0.793. The van der Waals surface area contributed by atoms with Crippen LogP contribution in [0.3, 0.4) is 0 Å². The Balaban J connectivity index is 4.04. The van der Waals surface area contributed by atoms with Crippen molar-refractivity contribution in [2.75, 3.05) is 0 Å². The van der Waals surface area contributed by atoms with E-state index in [4.69, 9.17) is 10.8 Å². The fourth-order valence-corrected chi connectivity index (χ4v) is 0.563. The maximum absolute atomic E-state index is 10.6. The van der Waals surface area contributed by atoms with Gasteiger partial charge in [0.2, 0.25) is 0 Å². The average Bonchev–Trinajstić information content (AvgIpc) is 1.93. The first-order valence-electron chi connectivity index (χ1n) is 2.57. The summed E-state index contributed by atoms with van der Waals surface area (Å²) in [5.41, 5.74) is -1.79. The zero-order valence-electron chi connectivity index (χ0n) is 4.97. The molecule has 0 unspecified atom stereocenters. The summed E-state index contributed by atoms with van der Waals surface area (Å²) >= 11 is 0. The number of hydrogen-bond acceptors (Lipinski definition) is 4. The highest BCUT2D eigenvalue weighted by atomic mass is 16.2. The van der Waals surface area contributed by atoms with Crippen molar-refractivity contribution in [2.24, 2.45) is 0 Å². The number of benzene rings is 1. The molecule has 4 heteroatoms. The first kappa shape index (κ1) is 6.54. The minimum atomic E-state index is -0.896. The monoisotopic (exact) mass is 136 g/mol. The Morgan fingerprint density at radius 2 is 1.20 bits per heavy atom. The Bertz CT molecular complexity index is 397. The molecule has 10 heavy (non-hydrogen) atoms. The van der Waals surface area contributed by atoms with Gasteiger partial charge < -0.3 is 0 Å². The molecular weight excluding hydrogens is 132 g/mol. The largest absolute Gasteiger partial charge is 0.297 e. The van der Waals surface area contributed by atoms with E-state index < -0.39 is 10.9 Å². The first-order chi connectivity index (χ1) is 4.63. The van der Waals surface area contributed by atoms with E-state index in [9.17, 15) is 9.59 Å². The molecule has 0 radical (unpaired) electrons. The van der Waals surface area contributed by atoms with Crippen LogP contribution in [0.15, 0.2) is 21.7 Å². The summed E-state index contributed by atoms with van der Waals surface area (Å²) in [5, 5.41) is 13.0. The Kier molecular flexibility index (Phi) is 1.30. The minimum Gasteiger partial charge on any atom is -0.297 e. The predicted molar refractivity (Wildman–Crippen MR) is 33.1 cm³/mol. The summed E-state index contributed by atoms with van der Waals surface area (Å²) in [6.07, 6.45) is 0. The second-order valence-electron chi connectivity index (χ2n) is 1.82. The molecule has 2 N–H and O–H groups in total. The van der Waals surface area contributed by atoms with Crippen LogP contribution in [0.4, 0.5) is 0 Å². The Labute approximate surface area is 55.1 Å². The van der Waals surface area contributed by atoms with Gasteiger partial charge >= 0.3 is 0 Å². The third-order valence-electron chi connectivity index (χ3n) is 1.11. The van der Waals surface area contributed by atoms with E-state index >= 15 is 0 Å². The molecule has 1 rings (SSSR count). The lowest BCUT2D eigenvalue weighted by Gasteiger charge is -1.75. The highest BCUT2D eigenvalue weighted by molar-refractivity contribution is 4.99. The van der Waals surface area contributed by atoms with Crippen LogP contribution >= 0.6 is 0 Å². The van der Waals surface area contributed by atoms with E-state index in [0.717, 1.165) is 12.1 Å². The van der Waals surface area contributed by atoms with Crippen molar-refractivity contribution in [3.05, 3.63) is 43.3 Å². The molecule has 0 heterocycles. The van der Waals surface area contributed by atoms with E-state index in [1.807, 2.05) is 0 Å². The van der Waals surface area contributed by atoms with Crippen molar-refractivity contribution in [2.45, 2.75) is 0 Å². The molecule has 1 aromatic rings. The summed E-state index contributed by atoms with van der Waals surface area (Å²) in [6, 6.07) is 2.29. The molecule has 0 fully saturated rings. The topological polar surface area (TPSA) is 81.8 Å². The van der Waals surface area contributed by atoms with Crippen LogP contribution in [-0.4, -0.2) is 0 Å². The van der Waals surface area contributed by atoms with Gasteiger partial charge in [-0.05, 0) is 12.1 Å². The molecule has 0 aromatic heterocycles. The predicted octanol–water partition coefficient (Wildman–Crippen LogP) is -1.76. The summed E-state index contributed by atoms with van der Waals surface area (Å²) in [4.78, 5) is 21.1. The molecule has 0 saturated carbocycles. The molecule has 0 atom stereocenters. The van der Waals surface area contributed by atoms with Crippen LogP contribution in [0.1, 0.15) is 0 Å². The number of hydrogen-bond donors (Lipinski definition) is 2. The zero-order valence-corrected chi connectivity index (χ0v) is 4.97. The van der Waals surface area contributed by atoms with Crippen molar-refractivity contribution in [1.29, 1.82) is 10.8 Å². The SMILES string of the molecule is N=c1ccc(=N)c(=O)c1=O. The molecule has 50 valence electrons. The van der Waals surface area contributed by atoms with Gasteiger partial charge in [0.25, 0.3) is 10.9 Å². The lowest BCUT2D eigenvalue weighted by molar-refractivity contribution is 1.14. The van der Waals surface area contributed by atoms with Gasteiger partial charge in [0.05, 0.1) is 0 Å². The zero-order chi connectivity index (χ0) is 7.72. The van der Waals surface area contributed by atoms with Crippen molar-refractivity contribution >= 4 is 0 Å². The van der Waals surface area contributed by atoms with E-state index in [-0.39, 0.29) is 10.7 Å². The van der Waals surface area contributed by atoms with Crippen LogP contribution in [-0.2, 0) is 0 Å². The van der Waals surface area contributed by atoms with Crippen LogP contribution in [0.5, 0.6) is 0 Å². The van der Waals surface area contributed by atoms with E-state index in [1.54, 1.807) is 0 Å². The maximum atomic E-state index is 10.6. The lowest BCUT2D eigenvalue weighted by Crippen LogP contribution is -2.45. The quantitative estimate of drug-likeness (QED) is 0.414. The third-order valence-corrected chi connectivity index (χ3v) is 1.11. The van der Waals surface area contributed by atoms with Crippen molar-refractivity contribution < 1.29 is 0 Å². The van der Waals surface area contributed by atoms with Crippen LogP contribution in [0, 0.1) is 10.8 Å². The van der Waals surface area contributed by atoms with Crippen LogP contribution in [0.2, 0.25) is 0 Å². The fraction of sp³-hybridized carbons (Fsp3) is 0. The number of nitrogens with one attached hydrogen (secondary N) is 2. The molecule has 0 aliphatic rings. The molecule has 4 nitrogen and oxygen atoms in total. The van der Waals surface area contributed by atoms with Gasteiger partial charge in [-0.3, -0.25) is 20.4 Å². The lowest BCUT2D eigenvalue weighted by atomic mass is 10.3. The van der Waals surface area contributed by atoms with E-state index in [2.05, 4.69) is 0 Å². The van der Waals surface area contributed by atoms with Crippen molar-refractivity contribution in [1.82, 2.24) is 0 Å². The normalized spacial score (nSPS) is 9.60. The fourth-order valence-electron chi connectivity index (χ4n) is 0.563. The van der Waals surface area contributed by atoms with Gasteiger partial charge in [-0.1, -0.05) is 0 Å². The summed E-state index contributed by atoms with van der Waals surface area (Å²) in [5.74, 6) is 0. The van der Waals surface area contributed by atoms with Gasteiger partial charge in [0.15, 0.2) is 0 Å². The Morgan fingerprint density at radius 1 is 0.900 bits per heavy atom. The number of rotatable bonds is 0. The summed E-state index contributed by atoms with van der Waals surface area (Å²) in [6.45, 7) is 0. The van der Waals surface area contributed by atoms with E-state index in [0.29, 0.717) is 0 Å². The first-order valence-corrected chi connectivity index (χ1v) is 2.57. The molecule has 0 bridgehead atoms. The van der Waals surface area contributed by atoms with Crippen LogP contribution < -0.4 is 21.6 Å². The summed E-state index contributed by atoms with van der Waals surface area (Å²) in [7, 11) is 0. The Hall–Kier alpha value is -1.58. The molecule has 0 saturated heterocycles. The molecule has 0 aliphatic heterocycles. The molecule has 0 amide bonds. The van der Waals surface area contributed by atoms with Crippen LogP contribution in [0.25, 0.3) is 0 Å². The van der Waals surface area contributed by atoms with E-state index in [1.165, 1.54) is 0 Å². The Morgan fingerprint density at radius 3 is 1.50 bits per heavy atom. The highest BCUT2D eigenvalue weighted by Gasteiger charge is 1.94.